The largest absolute Gasteiger partial charge is 0.495 e. The van der Waals surface area contributed by atoms with E-state index in [9.17, 15) is 13.2 Å². The van der Waals surface area contributed by atoms with Gasteiger partial charge in [-0.05, 0) is 30.2 Å². The molecule has 0 radical (unpaired) electrons. The number of amides is 1. The second-order valence-corrected chi connectivity index (χ2v) is 7.76. The highest BCUT2D eigenvalue weighted by molar-refractivity contribution is 7.90. The molecule has 0 aromatic heterocycles. The van der Waals surface area contributed by atoms with Gasteiger partial charge >= 0.3 is 0 Å². The van der Waals surface area contributed by atoms with E-state index in [1.165, 1.54) is 7.11 Å². The summed E-state index contributed by atoms with van der Waals surface area (Å²) in [4.78, 5) is 12.1. The average Bonchev–Trinajstić information content (AvgIpc) is 2.54. The minimum absolute atomic E-state index is 0.0606. The first kappa shape index (κ1) is 18.0. The van der Waals surface area contributed by atoms with E-state index in [1.54, 1.807) is 36.4 Å². The molecular formula is C18H21NO4S. The number of carbonyl (C=O) groups is 1. The molecule has 0 fully saturated rings. The van der Waals surface area contributed by atoms with Gasteiger partial charge in [-0.2, -0.15) is 0 Å². The van der Waals surface area contributed by atoms with Crippen molar-refractivity contribution in [2.75, 3.05) is 18.2 Å². The van der Waals surface area contributed by atoms with Crippen molar-refractivity contribution in [2.24, 2.45) is 0 Å². The second kappa shape index (κ2) is 7.97. The third kappa shape index (κ3) is 5.38. The summed E-state index contributed by atoms with van der Waals surface area (Å²) in [7, 11) is -1.82. The van der Waals surface area contributed by atoms with Gasteiger partial charge in [0.1, 0.15) is 5.75 Å². The van der Waals surface area contributed by atoms with Gasteiger partial charge in [-0.25, -0.2) is 8.42 Å². The lowest BCUT2D eigenvalue weighted by Gasteiger charge is -2.11. The van der Waals surface area contributed by atoms with Gasteiger partial charge in [0.15, 0.2) is 9.84 Å². The van der Waals surface area contributed by atoms with Crippen LogP contribution in [0.5, 0.6) is 5.75 Å². The van der Waals surface area contributed by atoms with Crippen molar-refractivity contribution >= 4 is 21.4 Å². The molecule has 0 spiro atoms. The first-order valence-electron chi connectivity index (χ1n) is 7.58. The van der Waals surface area contributed by atoms with E-state index in [2.05, 4.69) is 5.32 Å². The average molecular weight is 347 g/mol. The molecule has 0 heterocycles. The van der Waals surface area contributed by atoms with Crippen LogP contribution in [0, 0.1) is 6.92 Å². The zero-order valence-electron chi connectivity index (χ0n) is 13.8. The zero-order chi connectivity index (χ0) is 17.6. The summed E-state index contributed by atoms with van der Waals surface area (Å²) in [6.07, 6.45) is -0.0910. The van der Waals surface area contributed by atoms with Crippen LogP contribution in [0.2, 0.25) is 0 Å². The van der Waals surface area contributed by atoms with E-state index < -0.39 is 9.84 Å². The van der Waals surface area contributed by atoms with E-state index in [0.29, 0.717) is 11.4 Å². The Morgan fingerprint density at radius 2 is 1.83 bits per heavy atom. The Morgan fingerprint density at radius 1 is 1.12 bits per heavy atom. The number of carbonyl (C=O) groups excluding carboxylic acids is 1. The molecule has 0 unspecified atom stereocenters. The minimum atomic E-state index is -3.34. The number of ether oxygens (including phenoxy) is 1. The number of nitrogens with one attached hydrogen (secondary N) is 1. The number of sulfone groups is 1. The van der Waals surface area contributed by atoms with Crippen molar-refractivity contribution in [2.45, 2.75) is 19.1 Å². The molecule has 0 bridgehead atoms. The highest BCUT2D eigenvalue weighted by Gasteiger charge is 2.15. The van der Waals surface area contributed by atoms with Crippen LogP contribution in [0.15, 0.2) is 48.5 Å². The number of methoxy groups -OCH3 is 1. The Hall–Kier alpha value is -2.34. The molecule has 0 atom stereocenters. The van der Waals surface area contributed by atoms with Crippen molar-refractivity contribution in [3.05, 3.63) is 59.7 Å². The normalized spacial score (nSPS) is 11.1. The Morgan fingerprint density at radius 3 is 2.50 bits per heavy atom. The van der Waals surface area contributed by atoms with Gasteiger partial charge in [0.2, 0.25) is 5.91 Å². The third-order valence-electron chi connectivity index (χ3n) is 3.50. The van der Waals surface area contributed by atoms with Gasteiger partial charge in [-0.3, -0.25) is 4.79 Å². The van der Waals surface area contributed by atoms with E-state index in [-0.39, 0.29) is 23.8 Å². The molecule has 24 heavy (non-hydrogen) atoms. The first-order chi connectivity index (χ1) is 11.4. The molecule has 0 aliphatic heterocycles. The molecule has 2 aromatic carbocycles. The van der Waals surface area contributed by atoms with Crippen molar-refractivity contribution in [3.63, 3.8) is 0 Å². The lowest BCUT2D eigenvalue weighted by Crippen LogP contribution is -2.18. The molecule has 0 aliphatic carbocycles. The summed E-state index contributed by atoms with van der Waals surface area (Å²) < 4.78 is 29.5. The molecular weight excluding hydrogens is 326 g/mol. The molecule has 0 saturated heterocycles. The molecule has 0 saturated carbocycles. The van der Waals surface area contributed by atoms with Gasteiger partial charge in [-0.1, -0.05) is 36.4 Å². The van der Waals surface area contributed by atoms with Crippen LogP contribution >= 0.6 is 0 Å². The summed E-state index contributed by atoms with van der Waals surface area (Å²) in [5, 5.41) is 2.71. The van der Waals surface area contributed by atoms with Crippen LogP contribution in [0.3, 0.4) is 0 Å². The van der Waals surface area contributed by atoms with Gasteiger partial charge < -0.3 is 10.1 Å². The summed E-state index contributed by atoms with van der Waals surface area (Å²) in [5.41, 5.74) is 2.24. The standard InChI is InChI=1S/C18H21NO4S/c1-14-8-9-17(23-2)16(12-14)19-18(20)10-11-24(21,22)13-15-6-4-3-5-7-15/h3-9,12H,10-11,13H2,1-2H3,(H,19,20). The summed E-state index contributed by atoms with van der Waals surface area (Å²) >= 11 is 0. The van der Waals surface area contributed by atoms with Crippen LogP contribution < -0.4 is 10.1 Å². The van der Waals surface area contributed by atoms with Gasteiger partial charge in [0, 0.05) is 6.42 Å². The molecule has 2 aromatic rings. The topological polar surface area (TPSA) is 72.5 Å². The number of hydrogen-bond acceptors (Lipinski definition) is 4. The van der Waals surface area contributed by atoms with Crippen molar-refractivity contribution in [1.29, 1.82) is 0 Å². The summed E-state index contributed by atoms with van der Waals surface area (Å²) in [5.74, 6) is -0.0619. The number of aryl methyl sites for hydroxylation is 1. The number of rotatable bonds is 7. The SMILES string of the molecule is COc1ccc(C)cc1NC(=O)CCS(=O)(=O)Cc1ccccc1. The monoisotopic (exact) mass is 347 g/mol. The van der Waals surface area contributed by atoms with E-state index in [4.69, 9.17) is 4.74 Å². The maximum absolute atomic E-state index is 12.1. The fraction of sp³-hybridized carbons (Fsp3) is 0.278. The lowest BCUT2D eigenvalue weighted by atomic mass is 10.2. The van der Waals surface area contributed by atoms with Crippen LogP contribution in [0.4, 0.5) is 5.69 Å². The van der Waals surface area contributed by atoms with Crippen molar-refractivity contribution in [3.8, 4) is 5.75 Å². The first-order valence-corrected chi connectivity index (χ1v) is 9.40. The van der Waals surface area contributed by atoms with Gasteiger partial charge in [-0.15, -0.1) is 0 Å². The number of hydrogen-bond donors (Lipinski definition) is 1. The highest BCUT2D eigenvalue weighted by atomic mass is 32.2. The highest BCUT2D eigenvalue weighted by Crippen LogP contribution is 2.25. The van der Waals surface area contributed by atoms with Crippen LogP contribution in [-0.4, -0.2) is 27.2 Å². The van der Waals surface area contributed by atoms with Crippen molar-refractivity contribution in [1.82, 2.24) is 0 Å². The summed E-state index contributed by atoms with van der Waals surface area (Å²) in [6, 6.07) is 14.4. The maximum atomic E-state index is 12.1. The predicted octanol–water partition coefficient (Wildman–Crippen LogP) is 2.95. The van der Waals surface area contributed by atoms with E-state index >= 15 is 0 Å². The Balaban J connectivity index is 1.94. The molecule has 0 aliphatic rings. The van der Waals surface area contributed by atoms with Crippen molar-refractivity contribution < 1.29 is 17.9 Å². The summed E-state index contributed by atoms with van der Waals surface area (Å²) in [6.45, 7) is 1.90. The molecule has 1 N–H and O–H groups in total. The maximum Gasteiger partial charge on any atom is 0.225 e. The second-order valence-electron chi connectivity index (χ2n) is 5.58. The van der Waals surface area contributed by atoms with Crippen LogP contribution in [0.1, 0.15) is 17.5 Å². The van der Waals surface area contributed by atoms with Gasteiger partial charge in [0.05, 0.1) is 24.3 Å². The smallest absolute Gasteiger partial charge is 0.225 e. The van der Waals surface area contributed by atoms with Crippen LogP contribution in [-0.2, 0) is 20.4 Å². The van der Waals surface area contributed by atoms with Crippen LogP contribution in [0.25, 0.3) is 0 Å². The molecule has 1 amide bonds. The fourth-order valence-electron chi connectivity index (χ4n) is 2.28. The van der Waals surface area contributed by atoms with E-state index in [1.807, 2.05) is 19.1 Å². The molecule has 6 heteroatoms. The third-order valence-corrected chi connectivity index (χ3v) is 5.10. The minimum Gasteiger partial charge on any atom is -0.495 e. The Kier molecular flexibility index (Phi) is 5.98. The number of anilines is 1. The predicted molar refractivity (Wildman–Crippen MR) is 94.9 cm³/mol. The Bertz CT molecular complexity index is 801. The quantitative estimate of drug-likeness (QED) is 0.836. The Labute approximate surface area is 142 Å². The molecule has 128 valence electrons. The van der Waals surface area contributed by atoms with Gasteiger partial charge in [0.25, 0.3) is 0 Å². The number of benzene rings is 2. The zero-order valence-corrected chi connectivity index (χ0v) is 14.6. The molecule has 5 nitrogen and oxygen atoms in total. The molecule has 2 rings (SSSR count). The fourth-order valence-corrected chi connectivity index (χ4v) is 3.62. The lowest BCUT2D eigenvalue weighted by molar-refractivity contribution is -0.115. The van der Waals surface area contributed by atoms with E-state index in [0.717, 1.165) is 11.1 Å².